The van der Waals surface area contributed by atoms with Crippen LogP contribution >= 0.6 is 12.2 Å². The molecule has 1 fully saturated rings. The second-order valence-electron chi connectivity index (χ2n) is 4.54. The van der Waals surface area contributed by atoms with E-state index in [2.05, 4.69) is 0 Å². The highest BCUT2D eigenvalue weighted by Crippen LogP contribution is 2.26. The zero-order chi connectivity index (χ0) is 12.3. The average Bonchev–Trinajstić information content (AvgIpc) is 2.70. The molecule has 1 unspecified atom stereocenters. The lowest BCUT2D eigenvalue weighted by Crippen LogP contribution is -2.39. The van der Waals surface area contributed by atoms with Crippen molar-refractivity contribution in [2.45, 2.75) is 37.9 Å². The van der Waals surface area contributed by atoms with Crippen molar-refractivity contribution in [3.05, 3.63) is 0 Å². The van der Waals surface area contributed by atoms with Gasteiger partial charge in [0.1, 0.15) is 0 Å². The highest BCUT2D eigenvalue weighted by Gasteiger charge is 2.32. The van der Waals surface area contributed by atoms with Gasteiger partial charge in [-0.15, -0.1) is 0 Å². The highest BCUT2D eigenvalue weighted by atomic mass is 32.2. The molecule has 94 valence electrons. The quantitative estimate of drug-likeness (QED) is 0.756. The van der Waals surface area contributed by atoms with Crippen LogP contribution in [0.25, 0.3) is 0 Å². The van der Waals surface area contributed by atoms with E-state index in [1.807, 2.05) is 6.92 Å². The fourth-order valence-electron chi connectivity index (χ4n) is 2.02. The second-order valence-corrected chi connectivity index (χ2v) is 7.33. The van der Waals surface area contributed by atoms with Crippen LogP contribution in [0.3, 0.4) is 0 Å². The molecule has 0 bridgehead atoms. The molecule has 0 aromatic heterocycles. The van der Waals surface area contributed by atoms with Crippen LogP contribution in [-0.4, -0.2) is 36.6 Å². The van der Waals surface area contributed by atoms with Gasteiger partial charge >= 0.3 is 0 Å². The molecule has 0 aliphatic heterocycles. The van der Waals surface area contributed by atoms with Crippen molar-refractivity contribution in [3.8, 4) is 0 Å². The molecule has 1 saturated carbocycles. The standard InChI is InChI=1S/C10H20N2O2S2/c1-8(10(11)15)7-12(2)16(13,14)9-5-3-4-6-9/h8-9H,3-7H2,1-2H3,(H2,11,15). The van der Waals surface area contributed by atoms with Gasteiger partial charge in [-0.05, 0) is 12.8 Å². The van der Waals surface area contributed by atoms with Gasteiger partial charge in [-0.3, -0.25) is 0 Å². The molecule has 0 aromatic carbocycles. The SMILES string of the molecule is CC(CN(C)S(=O)(=O)C1CCCC1)C(N)=S. The van der Waals surface area contributed by atoms with Crippen LogP contribution in [-0.2, 0) is 10.0 Å². The maximum absolute atomic E-state index is 12.1. The maximum atomic E-state index is 12.1. The molecule has 1 aliphatic carbocycles. The Morgan fingerprint density at radius 2 is 2.00 bits per heavy atom. The summed E-state index contributed by atoms with van der Waals surface area (Å²) in [6, 6.07) is 0. The molecular formula is C10H20N2O2S2. The Balaban J connectivity index is 2.64. The molecule has 1 aliphatic rings. The van der Waals surface area contributed by atoms with Crippen molar-refractivity contribution in [1.82, 2.24) is 4.31 Å². The summed E-state index contributed by atoms with van der Waals surface area (Å²) >= 11 is 4.85. The minimum absolute atomic E-state index is 0.0730. The second kappa shape index (κ2) is 5.42. The first-order valence-electron chi connectivity index (χ1n) is 5.60. The Labute approximate surface area is 103 Å². The molecule has 2 N–H and O–H groups in total. The molecule has 16 heavy (non-hydrogen) atoms. The van der Waals surface area contributed by atoms with Gasteiger partial charge in [0, 0.05) is 19.5 Å². The number of hydrogen-bond acceptors (Lipinski definition) is 3. The van der Waals surface area contributed by atoms with E-state index in [0.29, 0.717) is 11.5 Å². The predicted octanol–water partition coefficient (Wildman–Crippen LogP) is 1.11. The average molecular weight is 264 g/mol. The number of sulfonamides is 1. The molecular weight excluding hydrogens is 244 g/mol. The lowest BCUT2D eigenvalue weighted by molar-refractivity contribution is 0.436. The van der Waals surface area contributed by atoms with Gasteiger partial charge in [-0.2, -0.15) is 0 Å². The zero-order valence-corrected chi connectivity index (χ0v) is 11.5. The Bertz CT molecular complexity index is 348. The highest BCUT2D eigenvalue weighted by molar-refractivity contribution is 7.89. The van der Waals surface area contributed by atoms with Crippen LogP contribution < -0.4 is 5.73 Å². The molecule has 0 saturated heterocycles. The van der Waals surface area contributed by atoms with Crippen LogP contribution in [0.1, 0.15) is 32.6 Å². The number of nitrogens with zero attached hydrogens (tertiary/aromatic N) is 1. The molecule has 1 atom stereocenters. The summed E-state index contributed by atoms with van der Waals surface area (Å²) in [6.45, 7) is 2.23. The topological polar surface area (TPSA) is 63.4 Å². The van der Waals surface area contributed by atoms with Gasteiger partial charge in [0.15, 0.2) is 0 Å². The van der Waals surface area contributed by atoms with Crippen molar-refractivity contribution in [2.24, 2.45) is 11.7 Å². The Morgan fingerprint density at radius 3 is 2.44 bits per heavy atom. The fraction of sp³-hybridized carbons (Fsp3) is 0.900. The van der Waals surface area contributed by atoms with E-state index in [1.165, 1.54) is 4.31 Å². The summed E-state index contributed by atoms with van der Waals surface area (Å²) < 4.78 is 25.7. The van der Waals surface area contributed by atoms with Crippen LogP contribution in [0.15, 0.2) is 0 Å². The molecule has 0 amide bonds. The summed E-state index contributed by atoms with van der Waals surface area (Å²) in [7, 11) is -1.54. The molecule has 0 aromatic rings. The van der Waals surface area contributed by atoms with Crippen LogP contribution in [0.4, 0.5) is 0 Å². The van der Waals surface area contributed by atoms with Gasteiger partial charge < -0.3 is 5.73 Å². The Hall–Kier alpha value is -0.200. The van der Waals surface area contributed by atoms with Gasteiger partial charge in [0.05, 0.1) is 10.2 Å². The van der Waals surface area contributed by atoms with Crippen LogP contribution in [0.2, 0.25) is 0 Å². The zero-order valence-electron chi connectivity index (χ0n) is 9.85. The lowest BCUT2D eigenvalue weighted by Gasteiger charge is -2.23. The van der Waals surface area contributed by atoms with Gasteiger partial charge in [0.2, 0.25) is 10.0 Å². The third-order valence-electron chi connectivity index (χ3n) is 3.17. The maximum Gasteiger partial charge on any atom is 0.216 e. The smallest absolute Gasteiger partial charge is 0.216 e. The number of hydrogen-bond donors (Lipinski definition) is 1. The Kier molecular flexibility index (Phi) is 4.70. The first-order valence-corrected chi connectivity index (χ1v) is 7.51. The van der Waals surface area contributed by atoms with E-state index < -0.39 is 10.0 Å². The number of nitrogens with two attached hydrogens (primary N) is 1. The van der Waals surface area contributed by atoms with Crippen molar-refractivity contribution >= 4 is 27.2 Å². The van der Waals surface area contributed by atoms with Crippen LogP contribution in [0, 0.1) is 5.92 Å². The molecule has 0 radical (unpaired) electrons. The van der Waals surface area contributed by atoms with Gasteiger partial charge in [-0.1, -0.05) is 32.0 Å². The lowest BCUT2D eigenvalue weighted by atomic mass is 10.2. The fourth-order valence-corrected chi connectivity index (χ4v) is 3.96. The molecule has 4 nitrogen and oxygen atoms in total. The molecule has 1 rings (SSSR count). The normalized spacial score (nSPS) is 20.2. The summed E-state index contributed by atoms with van der Waals surface area (Å²) in [5.74, 6) is -0.0730. The van der Waals surface area contributed by atoms with Crippen LogP contribution in [0.5, 0.6) is 0 Å². The van der Waals surface area contributed by atoms with E-state index in [4.69, 9.17) is 18.0 Å². The third kappa shape index (κ3) is 3.15. The number of rotatable bonds is 5. The summed E-state index contributed by atoms with van der Waals surface area (Å²) in [6.07, 6.45) is 3.60. The number of thiocarbonyl (C=S) groups is 1. The van der Waals surface area contributed by atoms with E-state index in [9.17, 15) is 8.42 Å². The van der Waals surface area contributed by atoms with Crippen molar-refractivity contribution in [3.63, 3.8) is 0 Å². The van der Waals surface area contributed by atoms with E-state index in [1.54, 1.807) is 7.05 Å². The van der Waals surface area contributed by atoms with E-state index in [0.717, 1.165) is 25.7 Å². The van der Waals surface area contributed by atoms with Crippen molar-refractivity contribution in [2.75, 3.05) is 13.6 Å². The first-order chi connectivity index (χ1) is 7.35. The predicted molar refractivity (Wildman–Crippen MR) is 69.8 cm³/mol. The first kappa shape index (κ1) is 13.9. The van der Waals surface area contributed by atoms with Crippen molar-refractivity contribution < 1.29 is 8.42 Å². The van der Waals surface area contributed by atoms with E-state index in [-0.39, 0.29) is 11.2 Å². The molecule has 0 spiro atoms. The Morgan fingerprint density at radius 1 is 1.50 bits per heavy atom. The van der Waals surface area contributed by atoms with E-state index >= 15 is 0 Å². The molecule has 0 heterocycles. The third-order valence-corrected chi connectivity index (χ3v) is 5.91. The summed E-state index contributed by atoms with van der Waals surface area (Å²) in [5.41, 5.74) is 5.49. The summed E-state index contributed by atoms with van der Waals surface area (Å²) in [4.78, 5) is 0.369. The largest absolute Gasteiger partial charge is 0.393 e. The molecule has 6 heteroatoms. The minimum Gasteiger partial charge on any atom is -0.393 e. The summed E-state index contributed by atoms with van der Waals surface area (Å²) in [5, 5.41) is -0.198. The van der Waals surface area contributed by atoms with Gasteiger partial charge in [-0.25, -0.2) is 12.7 Å². The van der Waals surface area contributed by atoms with Crippen molar-refractivity contribution in [1.29, 1.82) is 0 Å². The minimum atomic E-state index is -3.15. The monoisotopic (exact) mass is 264 g/mol. The van der Waals surface area contributed by atoms with Gasteiger partial charge in [0.25, 0.3) is 0 Å².